The highest BCUT2D eigenvalue weighted by molar-refractivity contribution is 7.89. The lowest BCUT2D eigenvalue weighted by atomic mass is 9.95. The molecule has 0 aliphatic rings. The molecule has 0 spiro atoms. The van der Waals surface area contributed by atoms with Crippen LogP contribution in [0.25, 0.3) is 10.8 Å². The SMILES string of the molecule is CCC(N)(CC)CNS(=O)(=O)c1cccc2ccccc12.Cl. The lowest BCUT2D eigenvalue weighted by molar-refractivity contribution is 0.392. The molecule has 0 aromatic heterocycles. The van der Waals surface area contributed by atoms with Crippen LogP contribution in [0.15, 0.2) is 47.4 Å². The van der Waals surface area contributed by atoms with Crippen molar-refractivity contribution in [2.75, 3.05) is 6.54 Å². The van der Waals surface area contributed by atoms with Gasteiger partial charge >= 0.3 is 0 Å². The van der Waals surface area contributed by atoms with Crippen molar-refractivity contribution in [3.05, 3.63) is 42.5 Å². The van der Waals surface area contributed by atoms with E-state index in [1.54, 1.807) is 12.1 Å². The highest BCUT2D eigenvalue weighted by Gasteiger charge is 2.24. The molecule has 22 heavy (non-hydrogen) atoms. The summed E-state index contributed by atoms with van der Waals surface area (Å²) in [5.74, 6) is 0. The Kier molecular flexibility index (Phi) is 6.38. The average molecular weight is 343 g/mol. The van der Waals surface area contributed by atoms with E-state index in [1.165, 1.54) is 0 Å². The maximum absolute atomic E-state index is 12.6. The lowest BCUT2D eigenvalue weighted by Crippen LogP contribution is -2.49. The predicted molar refractivity (Wildman–Crippen MR) is 93.9 cm³/mol. The van der Waals surface area contributed by atoms with E-state index >= 15 is 0 Å². The van der Waals surface area contributed by atoms with E-state index in [0.717, 1.165) is 23.6 Å². The summed E-state index contributed by atoms with van der Waals surface area (Å²) in [6.45, 7) is 4.18. The van der Waals surface area contributed by atoms with Crippen LogP contribution in [-0.2, 0) is 10.0 Å². The summed E-state index contributed by atoms with van der Waals surface area (Å²) < 4.78 is 27.8. The third-order valence-electron chi connectivity index (χ3n) is 4.06. The number of rotatable bonds is 6. The number of benzene rings is 2. The first-order valence-electron chi connectivity index (χ1n) is 7.18. The predicted octanol–water partition coefficient (Wildman–Crippen LogP) is 3.06. The van der Waals surface area contributed by atoms with E-state index in [1.807, 2.05) is 44.2 Å². The van der Waals surface area contributed by atoms with Gasteiger partial charge in [-0.2, -0.15) is 0 Å². The molecule has 0 aliphatic heterocycles. The van der Waals surface area contributed by atoms with Crippen LogP contribution in [0.3, 0.4) is 0 Å². The standard InChI is InChI=1S/C16H22N2O2S.ClH/c1-3-16(17,4-2)12-18-21(19,20)15-11-7-9-13-8-5-6-10-14(13)15;/h5-11,18H,3-4,12,17H2,1-2H3;1H. The topological polar surface area (TPSA) is 72.2 Å². The van der Waals surface area contributed by atoms with Gasteiger partial charge in [-0.05, 0) is 24.3 Å². The first-order chi connectivity index (χ1) is 9.92. The Bertz CT molecular complexity index is 723. The first-order valence-corrected chi connectivity index (χ1v) is 8.66. The number of nitrogens with one attached hydrogen (secondary N) is 1. The zero-order valence-electron chi connectivity index (χ0n) is 12.9. The fraction of sp³-hybridized carbons (Fsp3) is 0.375. The molecule has 3 N–H and O–H groups in total. The molecule has 0 heterocycles. The second kappa shape index (κ2) is 7.42. The molecule has 0 unspecified atom stereocenters. The van der Waals surface area contributed by atoms with Gasteiger partial charge in [0, 0.05) is 17.5 Å². The van der Waals surface area contributed by atoms with Crippen LogP contribution in [0.5, 0.6) is 0 Å². The Labute approximate surface area is 138 Å². The lowest BCUT2D eigenvalue weighted by Gasteiger charge is -2.26. The van der Waals surface area contributed by atoms with Gasteiger partial charge in [0.1, 0.15) is 0 Å². The zero-order chi connectivity index (χ0) is 15.5. The van der Waals surface area contributed by atoms with Gasteiger partial charge in [0.2, 0.25) is 10.0 Å². The summed E-state index contributed by atoms with van der Waals surface area (Å²) in [5, 5.41) is 1.63. The van der Waals surface area contributed by atoms with Gasteiger partial charge in [-0.25, -0.2) is 13.1 Å². The summed E-state index contributed by atoms with van der Waals surface area (Å²) >= 11 is 0. The fourth-order valence-corrected chi connectivity index (χ4v) is 3.61. The van der Waals surface area contributed by atoms with E-state index < -0.39 is 15.6 Å². The third kappa shape index (κ3) is 3.98. The largest absolute Gasteiger partial charge is 0.324 e. The van der Waals surface area contributed by atoms with Crippen molar-refractivity contribution in [3.63, 3.8) is 0 Å². The van der Waals surface area contributed by atoms with E-state index in [-0.39, 0.29) is 19.0 Å². The number of nitrogens with two attached hydrogens (primary N) is 1. The van der Waals surface area contributed by atoms with Gasteiger partial charge in [0.05, 0.1) is 4.90 Å². The van der Waals surface area contributed by atoms with Gasteiger partial charge < -0.3 is 5.73 Å². The molecule has 0 bridgehead atoms. The molecular weight excluding hydrogens is 320 g/mol. The number of hydrogen-bond acceptors (Lipinski definition) is 3. The number of fused-ring (bicyclic) bond motifs is 1. The Hall–Kier alpha value is -1.14. The van der Waals surface area contributed by atoms with Gasteiger partial charge in [-0.15, -0.1) is 12.4 Å². The molecule has 2 rings (SSSR count). The Morgan fingerprint density at radius 3 is 2.27 bits per heavy atom. The minimum atomic E-state index is -3.57. The normalized spacial score (nSPS) is 12.1. The van der Waals surface area contributed by atoms with Crippen LogP contribution in [0.1, 0.15) is 26.7 Å². The molecule has 2 aromatic carbocycles. The minimum Gasteiger partial charge on any atom is -0.324 e. The fourth-order valence-electron chi connectivity index (χ4n) is 2.25. The van der Waals surface area contributed by atoms with Crippen molar-refractivity contribution in [2.24, 2.45) is 5.73 Å². The molecule has 0 fully saturated rings. The summed E-state index contributed by atoms with van der Waals surface area (Å²) in [5.41, 5.74) is 5.67. The second-order valence-corrected chi connectivity index (χ2v) is 7.11. The van der Waals surface area contributed by atoms with Crippen LogP contribution >= 0.6 is 12.4 Å². The maximum Gasteiger partial charge on any atom is 0.241 e. The van der Waals surface area contributed by atoms with Crippen molar-refractivity contribution in [2.45, 2.75) is 37.1 Å². The highest BCUT2D eigenvalue weighted by Crippen LogP contribution is 2.23. The molecular formula is C16H23ClN2O2S. The molecule has 0 radical (unpaired) electrons. The van der Waals surface area contributed by atoms with Crippen molar-refractivity contribution >= 4 is 33.2 Å². The van der Waals surface area contributed by atoms with Crippen molar-refractivity contribution < 1.29 is 8.42 Å². The van der Waals surface area contributed by atoms with Crippen LogP contribution in [0.2, 0.25) is 0 Å². The molecule has 0 amide bonds. The van der Waals surface area contributed by atoms with Crippen molar-refractivity contribution in [3.8, 4) is 0 Å². The summed E-state index contributed by atoms with van der Waals surface area (Å²) in [4.78, 5) is 0.301. The van der Waals surface area contributed by atoms with Gasteiger partial charge in [0.15, 0.2) is 0 Å². The van der Waals surface area contributed by atoms with Crippen molar-refractivity contribution in [1.82, 2.24) is 4.72 Å². The van der Waals surface area contributed by atoms with Crippen molar-refractivity contribution in [1.29, 1.82) is 0 Å². The third-order valence-corrected chi connectivity index (χ3v) is 5.52. The Morgan fingerprint density at radius 2 is 1.64 bits per heavy atom. The molecule has 0 atom stereocenters. The number of sulfonamides is 1. The molecule has 2 aromatic rings. The Balaban J connectivity index is 0.00000242. The molecule has 122 valence electrons. The van der Waals surface area contributed by atoms with Gasteiger partial charge in [-0.3, -0.25) is 0 Å². The number of hydrogen-bond donors (Lipinski definition) is 2. The van der Waals surface area contributed by atoms with E-state index in [4.69, 9.17) is 5.73 Å². The number of halogens is 1. The zero-order valence-corrected chi connectivity index (χ0v) is 14.5. The highest BCUT2D eigenvalue weighted by atomic mass is 35.5. The molecule has 4 nitrogen and oxygen atoms in total. The smallest absolute Gasteiger partial charge is 0.241 e. The van der Waals surface area contributed by atoms with Crippen LogP contribution < -0.4 is 10.5 Å². The minimum absolute atomic E-state index is 0. The Morgan fingerprint density at radius 1 is 1.05 bits per heavy atom. The van der Waals surface area contributed by atoms with Gasteiger partial charge in [0.25, 0.3) is 0 Å². The average Bonchev–Trinajstić information content (AvgIpc) is 2.52. The molecule has 0 aliphatic carbocycles. The monoisotopic (exact) mass is 342 g/mol. The van der Waals surface area contributed by atoms with E-state index in [2.05, 4.69) is 4.72 Å². The molecule has 0 saturated heterocycles. The van der Waals surface area contributed by atoms with E-state index in [0.29, 0.717) is 4.90 Å². The second-order valence-electron chi connectivity index (χ2n) is 5.37. The summed E-state index contributed by atoms with van der Waals surface area (Å²) in [6, 6.07) is 12.7. The summed E-state index contributed by atoms with van der Waals surface area (Å²) in [6.07, 6.45) is 1.45. The van der Waals surface area contributed by atoms with Crippen LogP contribution in [-0.4, -0.2) is 20.5 Å². The van der Waals surface area contributed by atoms with Gasteiger partial charge in [-0.1, -0.05) is 50.2 Å². The van der Waals surface area contributed by atoms with Crippen LogP contribution in [0.4, 0.5) is 0 Å². The molecule has 0 saturated carbocycles. The van der Waals surface area contributed by atoms with Crippen LogP contribution in [0, 0.1) is 0 Å². The molecule has 6 heteroatoms. The van der Waals surface area contributed by atoms with E-state index in [9.17, 15) is 8.42 Å². The first kappa shape index (κ1) is 18.9. The quantitative estimate of drug-likeness (QED) is 0.847. The maximum atomic E-state index is 12.6. The summed E-state index contributed by atoms with van der Waals surface area (Å²) in [7, 11) is -3.57.